The highest BCUT2D eigenvalue weighted by atomic mass is 19.1. The van der Waals surface area contributed by atoms with Crippen molar-refractivity contribution in [3.8, 4) is 0 Å². The van der Waals surface area contributed by atoms with Gasteiger partial charge in [-0.1, -0.05) is 13.8 Å². The molecule has 1 N–H and O–H groups in total. The molecule has 5 heteroatoms. The Bertz CT molecular complexity index is 397. The van der Waals surface area contributed by atoms with Gasteiger partial charge in [-0.05, 0) is 0 Å². The second kappa shape index (κ2) is 3.93. The lowest BCUT2D eigenvalue weighted by Crippen LogP contribution is -1.81. The van der Waals surface area contributed by atoms with Crippen LogP contribution < -0.4 is 0 Å². The number of hydrogen-bond donors (Lipinski definition) is 1. The summed E-state index contributed by atoms with van der Waals surface area (Å²) >= 11 is 0. The number of hydrogen-bond acceptors (Lipinski definition) is 2. The van der Waals surface area contributed by atoms with Crippen molar-refractivity contribution < 1.29 is 8.78 Å². The summed E-state index contributed by atoms with van der Waals surface area (Å²) in [6.45, 7) is 4.00. The van der Waals surface area contributed by atoms with Crippen LogP contribution in [0.15, 0.2) is 12.1 Å². The SMILES string of the molecule is CC.Fc1cc(F)c2n[nH]nc2c1. The fourth-order valence-corrected chi connectivity index (χ4v) is 0.877. The van der Waals surface area contributed by atoms with E-state index in [1.54, 1.807) is 0 Å². The maximum absolute atomic E-state index is 12.7. The second-order valence-corrected chi connectivity index (χ2v) is 2.08. The highest BCUT2D eigenvalue weighted by Crippen LogP contribution is 2.13. The first-order valence-corrected chi connectivity index (χ1v) is 3.93. The molecule has 2 aromatic rings. The van der Waals surface area contributed by atoms with E-state index in [-0.39, 0.29) is 11.0 Å². The molecule has 3 nitrogen and oxygen atoms in total. The smallest absolute Gasteiger partial charge is 0.155 e. The molecule has 2 rings (SSSR count). The molecule has 0 aliphatic carbocycles. The highest BCUT2D eigenvalue weighted by Gasteiger charge is 2.06. The van der Waals surface area contributed by atoms with E-state index in [0.29, 0.717) is 0 Å². The Kier molecular flexibility index (Phi) is 2.89. The van der Waals surface area contributed by atoms with Crippen molar-refractivity contribution in [2.75, 3.05) is 0 Å². The second-order valence-electron chi connectivity index (χ2n) is 2.08. The third kappa shape index (κ3) is 1.80. The van der Waals surface area contributed by atoms with Crippen LogP contribution in [0.3, 0.4) is 0 Å². The number of H-pyrrole nitrogens is 1. The molecule has 1 heterocycles. The largest absolute Gasteiger partial charge is 0.207 e. The average molecular weight is 185 g/mol. The summed E-state index contributed by atoms with van der Waals surface area (Å²) in [4.78, 5) is 0. The van der Waals surface area contributed by atoms with E-state index in [0.717, 1.165) is 12.1 Å². The molecule has 0 unspecified atom stereocenters. The molecule has 0 fully saturated rings. The lowest BCUT2D eigenvalue weighted by Gasteiger charge is -1.88. The molecule has 0 radical (unpaired) electrons. The van der Waals surface area contributed by atoms with Gasteiger partial charge in [0.1, 0.15) is 16.9 Å². The summed E-state index contributed by atoms with van der Waals surface area (Å²) in [6.07, 6.45) is 0. The first-order chi connectivity index (χ1) is 6.27. The van der Waals surface area contributed by atoms with Crippen LogP contribution in [-0.4, -0.2) is 15.4 Å². The predicted molar refractivity (Wildman–Crippen MR) is 45.2 cm³/mol. The van der Waals surface area contributed by atoms with E-state index >= 15 is 0 Å². The predicted octanol–water partition coefficient (Wildman–Crippen LogP) is 2.26. The summed E-state index contributed by atoms with van der Waals surface area (Å²) in [6, 6.07) is 1.88. The number of nitrogens with one attached hydrogen (secondary N) is 1. The van der Waals surface area contributed by atoms with Crippen molar-refractivity contribution in [3.05, 3.63) is 23.8 Å². The van der Waals surface area contributed by atoms with E-state index in [2.05, 4.69) is 15.4 Å². The van der Waals surface area contributed by atoms with Gasteiger partial charge < -0.3 is 0 Å². The normalized spacial score (nSPS) is 9.54. The van der Waals surface area contributed by atoms with Crippen LogP contribution >= 0.6 is 0 Å². The van der Waals surface area contributed by atoms with E-state index in [9.17, 15) is 8.78 Å². The minimum absolute atomic E-state index is 0.0615. The van der Waals surface area contributed by atoms with Gasteiger partial charge >= 0.3 is 0 Å². The standard InChI is InChI=1S/C6H3F2N3.C2H6/c7-3-1-4(8)6-5(2-3)9-11-10-6;1-2/h1-2H,(H,9,10,11);1-2H3. The van der Waals surface area contributed by atoms with E-state index in [1.165, 1.54) is 0 Å². The summed E-state index contributed by atoms with van der Waals surface area (Å²) < 4.78 is 25.2. The molecule has 0 saturated carbocycles. The minimum atomic E-state index is -0.700. The Labute approximate surface area is 73.8 Å². The number of aromatic amines is 1. The first-order valence-electron chi connectivity index (χ1n) is 3.93. The van der Waals surface area contributed by atoms with Crippen LogP contribution in [0, 0.1) is 11.6 Å². The molecule has 0 aliphatic rings. The van der Waals surface area contributed by atoms with Crippen LogP contribution in [0.4, 0.5) is 8.78 Å². The number of rotatable bonds is 0. The van der Waals surface area contributed by atoms with Gasteiger partial charge in [-0.25, -0.2) is 8.78 Å². The van der Waals surface area contributed by atoms with Gasteiger partial charge in [-0.2, -0.15) is 15.4 Å². The number of nitrogens with zero attached hydrogens (tertiary/aromatic N) is 2. The van der Waals surface area contributed by atoms with Gasteiger partial charge in [0, 0.05) is 12.1 Å². The molecule has 0 atom stereocenters. The van der Waals surface area contributed by atoms with Crippen molar-refractivity contribution in [2.24, 2.45) is 0 Å². The lowest BCUT2D eigenvalue weighted by atomic mass is 10.3. The number of fused-ring (bicyclic) bond motifs is 1. The van der Waals surface area contributed by atoms with Crippen LogP contribution in [0.25, 0.3) is 11.0 Å². The summed E-state index contributed by atoms with van der Waals surface area (Å²) in [5.41, 5.74) is 0.258. The van der Waals surface area contributed by atoms with Crippen LogP contribution in [0.1, 0.15) is 13.8 Å². The lowest BCUT2D eigenvalue weighted by molar-refractivity contribution is 0.590. The van der Waals surface area contributed by atoms with Gasteiger partial charge in [-0.3, -0.25) is 0 Å². The zero-order valence-electron chi connectivity index (χ0n) is 7.31. The number of aromatic nitrogens is 3. The topological polar surface area (TPSA) is 41.6 Å². The monoisotopic (exact) mass is 185 g/mol. The molecule has 0 spiro atoms. The van der Waals surface area contributed by atoms with Crippen LogP contribution in [-0.2, 0) is 0 Å². The molecule has 0 bridgehead atoms. The third-order valence-electron chi connectivity index (χ3n) is 1.34. The molecule has 0 amide bonds. The first kappa shape index (κ1) is 9.57. The third-order valence-corrected chi connectivity index (χ3v) is 1.34. The van der Waals surface area contributed by atoms with Crippen LogP contribution in [0.2, 0.25) is 0 Å². The summed E-state index contributed by atoms with van der Waals surface area (Å²) in [5.74, 6) is -1.35. The van der Waals surface area contributed by atoms with Gasteiger partial charge in [-0.15, -0.1) is 0 Å². The Morgan fingerprint density at radius 1 is 1.15 bits per heavy atom. The van der Waals surface area contributed by atoms with Crippen molar-refractivity contribution in [1.29, 1.82) is 0 Å². The van der Waals surface area contributed by atoms with Crippen molar-refractivity contribution >= 4 is 11.0 Å². The van der Waals surface area contributed by atoms with E-state index in [1.807, 2.05) is 13.8 Å². The maximum Gasteiger partial charge on any atom is 0.155 e. The summed E-state index contributed by atoms with van der Waals surface area (Å²) in [7, 11) is 0. The van der Waals surface area contributed by atoms with E-state index < -0.39 is 11.6 Å². The van der Waals surface area contributed by atoms with Crippen molar-refractivity contribution in [3.63, 3.8) is 0 Å². The molecular formula is C8H9F2N3. The fourth-order valence-electron chi connectivity index (χ4n) is 0.877. The van der Waals surface area contributed by atoms with Crippen LogP contribution in [0.5, 0.6) is 0 Å². The zero-order valence-corrected chi connectivity index (χ0v) is 7.31. The zero-order chi connectivity index (χ0) is 9.84. The molecule has 1 aromatic carbocycles. The quantitative estimate of drug-likeness (QED) is 0.684. The van der Waals surface area contributed by atoms with Gasteiger partial charge in [0.15, 0.2) is 5.82 Å². The van der Waals surface area contributed by atoms with Crippen molar-refractivity contribution in [1.82, 2.24) is 15.4 Å². The Balaban J connectivity index is 0.000000396. The molecule has 0 saturated heterocycles. The van der Waals surface area contributed by atoms with Crippen molar-refractivity contribution in [2.45, 2.75) is 13.8 Å². The number of benzene rings is 1. The minimum Gasteiger partial charge on any atom is -0.207 e. The number of halogens is 2. The molecule has 0 aliphatic heterocycles. The highest BCUT2D eigenvalue weighted by molar-refractivity contribution is 5.73. The van der Waals surface area contributed by atoms with Gasteiger partial charge in [0.2, 0.25) is 0 Å². The Hall–Kier alpha value is -1.52. The Morgan fingerprint density at radius 3 is 2.54 bits per heavy atom. The average Bonchev–Trinajstić information content (AvgIpc) is 2.55. The molecule has 13 heavy (non-hydrogen) atoms. The van der Waals surface area contributed by atoms with Gasteiger partial charge in [0.05, 0.1) is 0 Å². The molecular weight excluding hydrogens is 176 g/mol. The molecule has 1 aromatic heterocycles. The Morgan fingerprint density at radius 2 is 1.85 bits per heavy atom. The summed E-state index contributed by atoms with van der Waals surface area (Å²) in [5, 5.41) is 9.20. The van der Waals surface area contributed by atoms with E-state index in [4.69, 9.17) is 0 Å². The maximum atomic E-state index is 12.7. The fraction of sp³-hybridized carbons (Fsp3) is 0.250. The molecule has 70 valence electrons. The van der Waals surface area contributed by atoms with Gasteiger partial charge in [0.25, 0.3) is 0 Å².